The topological polar surface area (TPSA) is 35.2 Å². The monoisotopic (exact) mass is 283 g/mol. The van der Waals surface area contributed by atoms with E-state index >= 15 is 0 Å². The maximum absolute atomic E-state index is 5.86. The number of hydrogen-bond acceptors (Lipinski definition) is 2. The molecule has 0 spiro atoms. The average Bonchev–Trinajstić information content (AvgIpc) is 2.48. The van der Waals surface area contributed by atoms with Gasteiger partial charge in [0.25, 0.3) is 0 Å². The van der Waals surface area contributed by atoms with Crippen molar-refractivity contribution in [3.63, 3.8) is 0 Å². The van der Waals surface area contributed by atoms with E-state index in [1.165, 1.54) is 27.8 Å². The highest BCUT2D eigenvalue weighted by Crippen LogP contribution is 2.35. The standard InChI is InChI=1S/C19H25NO/c1-13-5-8-19(21-4)18(11-13)17(9-10-20)16-7-6-14(2)15(3)12-16/h5-8,11-12,17H,9-10,20H2,1-4H3. The highest BCUT2D eigenvalue weighted by molar-refractivity contribution is 5.45. The van der Waals surface area contributed by atoms with E-state index in [9.17, 15) is 0 Å². The van der Waals surface area contributed by atoms with Crippen molar-refractivity contribution in [3.8, 4) is 5.75 Å². The van der Waals surface area contributed by atoms with Crippen molar-refractivity contribution >= 4 is 0 Å². The summed E-state index contributed by atoms with van der Waals surface area (Å²) in [6.45, 7) is 7.08. The van der Waals surface area contributed by atoms with Crippen LogP contribution in [0.2, 0.25) is 0 Å². The number of ether oxygens (including phenoxy) is 1. The van der Waals surface area contributed by atoms with Crippen LogP contribution in [-0.4, -0.2) is 13.7 Å². The Kier molecular flexibility index (Phi) is 5.03. The summed E-state index contributed by atoms with van der Waals surface area (Å²) in [4.78, 5) is 0. The molecule has 2 heteroatoms. The second kappa shape index (κ2) is 6.77. The van der Waals surface area contributed by atoms with Crippen LogP contribution < -0.4 is 10.5 Å². The van der Waals surface area contributed by atoms with Crippen LogP contribution in [0.15, 0.2) is 36.4 Å². The fourth-order valence-corrected chi connectivity index (χ4v) is 2.78. The molecule has 2 aromatic rings. The van der Waals surface area contributed by atoms with Crippen LogP contribution in [0.5, 0.6) is 5.75 Å². The minimum absolute atomic E-state index is 0.282. The molecule has 1 unspecified atom stereocenters. The first-order valence-electron chi connectivity index (χ1n) is 7.48. The van der Waals surface area contributed by atoms with E-state index < -0.39 is 0 Å². The fourth-order valence-electron chi connectivity index (χ4n) is 2.78. The molecule has 0 aliphatic carbocycles. The highest BCUT2D eigenvalue weighted by Gasteiger charge is 2.18. The lowest BCUT2D eigenvalue weighted by Crippen LogP contribution is -2.10. The zero-order valence-corrected chi connectivity index (χ0v) is 13.4. The van der Waals surface area contributed by atoms with Gasteiger partial charge in [0.05, 0.1) is 7.11 Å². The lowest BCUT2D eigenvalue weighted by molar-refractivity contribution is 0.406. The minimum Gasteiger partial charge on any atom is -0.496 e. The van der Waals surface area contributed by atoms with Crippen LogP contribution in [0.4, 0.5) is 0 Å². The second-order valence-corrected chi connectivity index (χ2v) is 5.72. The van der Waals surface area contributed by atoms with Crippen molar-refractivity contribution < 1.29 is 4.74 Å². The zero-order chi connectivity index (χ0) is 15.4. The summed E-state index contributed by atoms with van der Waals surface area (Å²) in [5.41, 5.74) is 12.3. The second-order valence-electron chi connectivity index (χ2n) is 5.72. The third kappa shape index (κ3) is 3.45. The minimum atomic E-state index is 0.282. The van der Waals surface area contributed by atoms with Crippen LogP contribution >= 0.6 is 0 Å². The molecule has 2 aromatic carbocycles. The lowest BCUT2D eigenvalue weighted by atomic mass is 9.86. The van der Waals surface area contributed by atoms with Gasteiger partial charge in [-0.1, -0.05) is 35.9 Å². The Bertz CT molecular complexity index is 619. The van der Waals surface area contributed by atoms with Crippen LogP contribution in [-0.2, 0) is 0 Å². The number of benzene rings is 2. The SMILES string of the molecule is COc1ccc(C)cc1C(CCN)c1ccc(C)c(C)c1. The molecule has 0 amide bonds. The van der Waals surface area contributed by atoms with E-state index in [1.807, 2.05) is 0 Å². The summed E-state index contributed by atoms with van der Waals surface area (Å²) < 4.78 is 5.56. The number of rotatable bonds is 5. The molecule has 0 aliphatic rings. The Morgan fingerprint density at radius 1 is 1.00 bits per heavy atom. The zero-order valence-electron chi connectivity index (χ0n) is 13.4. The first-order valence-corrected chi connectivity index (χ1v) is 7.48. The first-order chi connectivity index (χ1) is 10.1. The Labute approximate surface area is 127 Å². The normalized spacial score (nSPS) is 12.2. The third-order valence-electron chi connectivity index (χ3n) is 4.15. The predicted molar refractivity (Wildman–Crippen MR) is 89.2 cm³/mol. The molecule has 0 heterocycles. The van der Waals surface area contributed by atoms with E-state index in [4.69, 9.17) is 10.5 Å². The van der Waals surface area contributed by atoms with Crippen molar-refractivity contribution in [1.82, 2.24) is 0 Å². The number of aryl methyl sites for hydroxylation is 3. The van der Waals surface area contributed by atoms with Gasteiger partial charge in [0.2, 0.25) is 0 Å². The summed E-state index contributed by atoms with van der Waals surface area (Å²) in [6.07, 6.45) is 0.919. The van der Waals surface area contributed by atoms with Crippen molar-refractivity contribution in [1.29, 1.82) is 0 Å². The number of nitrogens with two attached hydrogens (primary N) is 1. The fraction of sp³-hybridized carbons (Fsp3) is 0.368. The van der Waals surface area contributed by atoms with Gasteiger partial charge in [-0.2, -0.15) is 0 Å². The summed E-state index contributed by atoms with van der Waals surface area (Å²) in [5.74, 6) is 1.22. The molecular weight excluding hydrogens is 258 g/mol. The van der Waals surface area contributed by atoms with Crippen molar-refractivity contribution in [3.05, 3.63) is 64.2 Å². The molecule has 0 saturated heterocycles. The molecule has 0 saturated carbocycles. The van der Waals surface area contributed by atoms with E-state index in [1.54, 1.807) is 7.11 Å². The summed E-state index contributed by atoms with van der Waals surface area (Å²) in [7, 11) is 1.73. The smallest absolute Gasteiger partial charge is 0.122 e. The third-order valence-corrected chi connectivity index (χ3v) is 4.15. The van der Waals surface area contributed by atoms with Gasteiger partial charge in [0.1, 0.15) is 5.75 Å². The molecular formula is C19H25NO. The largest absolute Gasteiger partial charge is 0.496 e. The number of methoxy groups -OCH3 is 1. The van der Waals surface area contributed by atoms with Crippen molar-refractivity contribution in [2.24, 2.45) is 5.73 Å². The molecule has 21 heavy (non-hydrogen) atoms. The van der Waals surface area contributed by atoms with Gasteiger partial charge in [0, 0.05) is 11.5 Å². The summed E-state index contributed by atoms with van der Waals surface area (Å²) >= 11 is 0. The molecule has 0 bridgehead atoms. The maximum atomic E-state index is 5.86. The molecule has 0 aliphatic heterocycles. The number of hydrogen-bond donors (Lipinski definition) is 1. The van der Waals surface area contributed by atoms with E-state index in [2.05, 4.69) is 57.2 Å². The molecule has 2 rings (SSSR count). The average molecular weight is 283 g/mol. The Morgan fingerprint density at radius 2 is 1.76 bits per heavy atom. The van der Waals surface area contributed by atoms with Gasteiger partial charge in [0.15, 0.2) is 0 Å². The van der Waals surface area contributed by atoms with Gasteiger partial charge < -0.3 is 10.5 Å². The van der Waals surface area contributed by atoms with Gasteiger partial charge in [-0.25, -0.2) is 0 Å². The molecule has 0 fully saturated rings. The van der Waals surface area contributed by atoms with Crippen LogP contribution in [0.1, 0.15) is 40.2 Å². The molecule has 1 atom stereocenters. The van der Waals surface area contributed by atoms with Crippen LogP contribution in [0, 0.1) is 20.8 Å². The van der Waals surface area contributed by atoms with Gasteiger partial charge >= 0.3 is 0 Å². The van der Waals surface area contributed by atoms with E-state index in [-0.39, 0.29) is 5.92 Å². The molecule has 2 N–H and O–H groups in total. The molecule has 0 radical (unpaired) electrons. The van der Waals surface area contributed by atoms with Crippen molar-refractivity contribution in [2.75, 3.05) is 13.7 Å². The lowest BCUT2D eigenvalue weighted by Gasteiger charge is -2.21. The van der Waals surface area contributed by atoms with Crippen LogP contribution in [0.3, 0.4) is 0 Å². The highest BCUT2D eigenvalue weighted by atomic mass is 16.5. The summed E-state index contributed by atoms with van der Waals surface area (Å²) in [5, 5.41) is 0. The summed E-state index contributed by atoms with van der Waals surface area (Å²) in [6, 6.07) is 13.0. The van der Waals surface area contributed by atoms with Gasteiger partial charge in [-0.05, 0) is 56.5 Å². The quantitative estimate of drug-likeness (QED) is 0.896. The van der Waals surface area contributed by atoms with Gasteiger partial charge in [-0.15, -0.1) is 0 Å². The Morgan fingerprint density at radius 3 is 2.38 bits per heavy atom. The predicted octanol–water partition coefficient (Wildman–Crippen LogP) is 4.10. The maximum Gasteiger partial charge on any atom is 0.122 e. The van der Waals surface area contributed by atoms with E-state index in [0.717, 1.165) is 12.2 Å². The van der Waals surface area contributed by atoms with Gasteiger partial charge in [-0.3, -0.25) is 0 Å². The first kappa shape index (κ1) is 15.6. The Balaban J connectivity index is 2.52. The molecule has 0 aromatic heterocycles. The van der Waals surface area contributed by atoms with Crippen LogP contribution in [0.25, 0.3) is 0 Å². The Hall–Kier alpha value is -1.80. The molecule has 112 valence electrons. The molecule has 2 nitrogen and oxygen atoms in total. The van der Waals surface area contributed by atoms with E-state index in [0.29, 0.717) is 6.54 Å². The van der Waals surface area contributed by atoms with Crippen molar-refractivity contribution in [2.45, 2.75) is 33.1 Å².